The van der Waals surface area contributed by atoms with E-state index in [-0.39, 0.29) is 12.5 Å². The predicted octanol–water partition coefficient (Wildman–Crippen LogP) is 2.35. The maximum absolute atomic E-state index is 13.0. The molecular formula is C22H23FN4O3. The summed E-state index contributed by atoms with van der Waals surface area (Å²) in [5, 5.41) is 5.39. The topological polar surface area (TPSA) is 81.8 Å². The van der Waals surface area contributed by atoms with Gasteiger partial charge in [0.25, 0.3) is 5.91 Å². The number of anilines is 1. The number of likely N-dealkylation sites (tertiary alicyclic amines) is 1. The highest BCUT2D eigenvalue weighted by Gasteiger charge is 2.52. The number of carbonyl (C=O) groups is 3. The Morgan fingerprint density at radius 3 is 2.37 bits per heavy atom. The third-order valence-corrected chi connectivity index (χ3v) is 5.63. The fraction of sp³-hybridized carbons (Fsp3) is 0.318. The van der Waals surface area contributed by atoms with Gasteiger partial charge in [0, 0.05) is 25.3 Å². The third kappa shape index (κ3) is 4.18. The quantitative estimate of drug-likeness (QED) is 0.742. The van der Waals surface area contributed by atoms with Crippen LogP contribution >= 0.6 is 0 Å². The van der Waals surface area contributed by atoms with Crippen LogP contribution in [0, 0.1) is 5.82 Å². The summed E-state index contributed by atoms with van der Waals surface area (Å²) in [6.07, 6.45) is 1.00. The highest BCUT2D eigenvalue weighted by molar-refractivity contribution is 6.10. The first-order valence-corrected chi connectivity index (χ1v) is 9.91. The highest BCUT2D eigenvalue weighted by atomic mass is 19.1. The van der Waals surface area contributed by atoms with Crippen molar-refractivity contribution in [3.8, 4) is 0 Å². The van der Waals surface area contributed by atoms with E-state index in [9.17, 15) is 18.8 Å². The number of rotatable bonds is 5. The van der Waals surface area contributed by atoms with Gasteiger partial charge in [0.1, 0.15) is 17.9 Å². The molecule has 0 unspecified atom stereocenters. The lowest BCUT2D eigenvalue weighted by Gasteiger charge is -2.37. The molecule has 2 aromatic rings. The largest absolute Gasteiger partial charge is 0.325 e. The van der Waals surface area contributed by atoms with Crippen LogP contribution in [-0.4, -0.2) is 52.8 Å². The molecule has 0 aromatic heterocycles. The summed E-state index contributed by atoms with van der Waals surface area (Å²) < 4.78 is 13.0. The Kier molecular flexibility index (Phi) is 5.50. The zero-order valence-corrected chi connectivity index (χ0v) is 16.4. The molecule has 4 rings (SSSR count). The maximum atomic E-state index is 13.0. The van der Waals surface area contributed by atoms with Gasteiger partial charge in [0.05, 0.1) is 0 Å². The number of halogens is 1. The monoisotopic (exact) mass is 410 g/mol. The summed E-state index contributed by atoms with van der Waals surface area (Å²) in [5.41, 5.74) is 0.659. The van der Waals surface area contributed by atoms with Crippen LogP contribution in [0.3, 0.4) is 0 Å². The molecule has 2 saturated heterocycles. The zero-order valence-electron chi connectivity index (χ0n) is 16.4. The Morgan fingerprint density at radius 2 is 1.70 bits per heavy atom. The molecule has 0 saturated carbocycles. The van der Waals surface area contributed by atoms with Crippen LogP contribution in [0.1, 0.15) is 18.4 Å². The minimum atomic E-state index is -0.944. The molecule has 1 spiro atoms. The molecular weight excluding hydrogens is 387 g/mol. The standard InChI is InChI=1S/C22H23FN4O3/c23-17-6-8-18(9-7-17)24-19(28)15-27-20(29)22(25-21(27)30)10-12-26(13-11-22)14-16-4-2-1-3-5-16/h1-9H,10-15H2,(H,24,28)(H,25,30). The molecule has 2 aliphatic heterocycles. The number of amides is 4. The van der Waals surface area contributed by atoms with Gasteiger partial charge in [-0.2, -0.15) is 0 Å². The molecule has 2 heterocycles. The number of piperidine rings is 1. The first kappa shape index (κ1) is 20.0. The zero-order chi connectivity index (χ0) is 21.1. The van der Waals surface area contributed by atoms with Crippen LogP contribution in [0.4, 0.5) is 14.9 Å². The second-order valence-corrected chi connectivity index (χ2v) is 7.72. The summed E-state index contributed by atoms with van der Waals surface area (Å²) in [7, 11) is 0. The summed E-state index contributed by atoms with van der Waals surface area (Å²) in [4.78, 5) is 40.9. The van der Waals surface area contributed by atoms with Crippen molar-refractivity contribution in [3.05, 3.63) is 66.0 Å². The SMILES string of the molecule is O=C(CN1C(=O)NC2(CCN(Cc3ccccc3)CC2)C1=O)Nc1ccc(F)cc1. The molecule has 7 nitrogen and oxygen atoms in total. The van der Waals surface area contributed by atoms with E-state index in [2.05, 4.69) is 27.7 Å². The smallest absolute Gasteiger partial charge is 0.325 e. The number of hydrogen-bond acceptors (Lipinski definition) is 4. The summed E-state index contributed by atoms with van der Waals surface area (Å²) in [6, 6.07) is 14.8. The van der Waals surface area contributed by atoms with Crippen molar-refractivity contribution >= 4 is 23.5 Å². The fourth-order valence-corrected chi connectivity index (χ4v) is 3.97. The van der Waals surface area contributed by atoms with Crippen LogP contribution in [0.25, 0.3) is 0 Å². The van der Waals surface area contributed by atoms with E-state index in [4.69, 9.17) is 0 Å². The van der Waals surface area contributed by atoms with E-state index in [0.717, 1.165) is 11.4 Å². The molecule has 0 radical (unpaired) electrons. The van der Waals surface area contributed by atoms with Crippen molar-refractivity contribution in [1.82, 2.24) is 15.1 Å². The van der Waals surface area contributed by atoms with Gasteiger partial charge in [0.2, 0.25) is 5.91 Å². The molecule has 30 heavy (non-hydrogen) atoms. The second kappa shape index (κ2) is 8.23. The number of imide groups is 1. The molecule has 2 aliphatic rings. The van der Waals surface area contributed by atoms with Crippen molar-refractivity contribution in [2.75, 3.05) is 25.0 Å². The van der Waals surface area contributed by atoms with E-state index in [1.54, 1.807) is 0 Å². The molecule has 156 valence electrons. The number of carbonyl (C=O) groups excluding carboxylic acids is 3. The van der Waals surface area contributed by atoms with Crippen molar-refractivity contribution < 1.29 is 18.8 Å². The Balaban J connectivity index is 1.34. The van der Waals surface area contributed by atoms with Gasteiger partial charge >= 0.3 is 6.03 Å². The van der Waals surface area contributed by atoms with Gasteiger partial charge in [-0.3, -0.25) is 19.4 Å². The Morgan fingerprint density at radius 1 is 1.03 bits per heavy atom. The van der Waals surface area contributed by atoms with E-state index >= 15 is 0 Å². The van der Waals surface area contributed by atoms with Gasteiger partial charge in [-0.05, 0) is 42.7 Å². The number of urea groups is 1. The van der Waals surface area contributed by atoms with Gasteiger partial charge in [-0.15, -0.1) is 0 Å². The molecule has 0 atom stereocenters. The van der Waals surface area contributed by atoms with E-state index in [1.165, 1.54) is 29.8 Å². The number of nitrogens with zero attached hydrogens (tertiary/aromatic N) is 2. The molecule has 2 N–H and O–H groups in total. The average molecular weight is 410 g/mol. The van der Waals surface area contributed by atoms with Gasteiger partial charge in [-0.25, -0.2) is 9.18 Å². The van der Waals surface area contributed by atoms with E-state index < -0.39 is 23.3 Å². The van der Waals surface area contributed by atoms with Crippen LogP contribution in [0.2, 0.25) is 0 Å². The molecule has 4 amide bonds. The average Bonchev–Trinajstić information content (AvgIpc) is 2.96. The predicted molar refractivity (Wildman–Crippen MR) is 109 cm³/mol. The second-order valence-electron chi connectivity index (χ2n) is 7.72. The first-order valence-electron chi connectivity index (χ1n) is 9.91. The third-order valence-electron chi connectivity index (χ3n) is 5.63. The minimum absolute atomic E-state index is 0.360. The number of hydrogen-bond donors (Lipinski definition) is 2. The van der Waals surface area contributed by atoms with Gasteiger partial charge in [-0.1, -0.05) is 30.3 Å². The first-order chi connectivity index (χ1) is 14.4. The maximum Gasteiger partial charge on any atom is 0.325 e. The highest BCUT2D eigenvalue weighted by Crippen LogP contribution is 2.30. The van der Waals surface area contributed by atoms with Crippen LogP contribution < -0.4 is 10.6 Å². The number of benzene rings is 2. The molecule has 8 heteroatoms. The van der Waals surface area contributed by atoms with E-state index in [1.807, 2.05) is 18.2 Å². The Bertz CT molecular complexity index is 941. The lowest BCUT2D eigenvalue weighted by atomic mass is 9.87. The van der Waals surface area contributed by atoms with Gasteiger partial charge < -0.3 is 10.6 Å². The van der Waals surface area contributed by atoms with Crippen molar-refractivity contribution in [2.45, 2.75) is 24.9 Å². The van der Waals surface area contributed by atoms with Crippen LogP contribution in [0.5, 0.6) is 0 Å². The van der Waals surface area contributed by atoms with Crippen molar-refractivity contribution in [3.63, 3.8) is 0 Å². The molecule has 0 bridgehead atoms. The van der Waals surface area contributed by atoms with Crippen molar-refractivity contribution in [1.29, 1.82) is 0 Å². The minimum Gasteiger partial charge on any atom is -0.325 e. The van der Waals surface area contributed by atoms with Gasteiger partial charge in [0.15, 0.2) is 0 Å². The lowest BCUT2D eigenvalue weighted by molar-refractivity contribution is -0.135. The molecule has 2 fully saturated rings. The molecule has 0 aliphatic carbocycles. The fourth-order valence-electron chi connectivity index (χ4n) is 3.97. The normalized spacial score (nSPS) is 18.5. The summed E-state index contributed by atoms with van der Waals surface area (Å²) in [6.45, 7) is 1.77. The molecule has 2 aromatic carbocycles. The lowest BCUT2D eigenvalue weighted by Crippen LogP contribution is -2.54. The Hall–Kier alpha value is -3.26. The Labute approximate surface area is 173 Å². The van der Waals surface area contributed by atoms with Crippen LogP contribution in [-0.2, 0) is 16.1 Å². The van der Waals surface area contributed by atoms with E-state index in [0.29, 0.717) is 31.6 Å². The summed E-state index contributed by atoms with van der Waals surface area (Å²) in [5.74, 6) is -1.28. The summed E-state index contributed by atoms with van der Waals surface area (Å²) >= 11 is 0. The number of nitrogens with one attached hydrogen (secondary N) is 2. The van der Waals surface area contributed by atoms with Crippen molar-refractivity contribution in [2.24, 2.45) is 0 Å². The van der Waals surface area contributed by atoms with Crippen LogP contribution in [0.15, 0.2) is 54.6 Å².